The summed E-state index contributed by atoms with van der Waals surface area (Å²) in [5.41, 5.74) is 4.37. The highest BCUT2D eigenvalue weighted by Gasteiger charge is 2.17. The van der Waals surface area contributed by atoms with E-state index in [2.05, 4.69) is 11.2 Å². The Bertz CT molecular complexity index is 1420. The number of rotatable bonds is 8. The first-order valence-electron chi connectivity index (χ1n) is 10.8. The Morgan fingerprint density at radius 1 is 0.912 bits per heavy atom. The van der Waals surface area contributed by atoms with Crippen molar-refractivity contribution in [3.63, 3.8) is 0 Å². The smallest absolute Gasteiger partial charge is 0.172 e. The average Bonchev–Trinajstić information content (AvgIpc) is 3.28. The van der Waals surface area contributed by atoms with Gasteiger partial charge in [0.25, 0.3) is 0 Å². The zero-order chi connectivity index (χ0) is 24.1. The third-order valence-electron chi connectivity index (χ3n) is 5.60. The Morgan fingerprint density at radius 3 is 2.35 bits per heavy atom. The fourth-order valence-electron chi connectivity index (χ4n) is 3.69. The summed E-state index contributed by atoms with van der Waals surface area (Å²) in [7, 11) is 0. The van der Waals surface area contributed by atoms with Gasteiger partial charge in [0.15, 0.2) is 11.6 Å². The molecular weight excluding hydrogens is 444 g/mol. The molecule has 5 nitrogen and oxygen atoms in total. The topological polar surface area (TPSA) is 84.0 Å². The summed E-state index contributed by atoms with van der Waals surface area (Å²) in [6.45, 7) is 3.67. The first kappa shape index (κ1) is 23.2. The number of hydrogen-bond acceptors (Lipinski definition) is 6. The lowest BCUT2D eigenvalue weighted by Gasteiger charge is -2.11. The molecule has 0 aliphatic rings. The van der Waals surface area contributed by atoms with Crippen LogP contribution in [0.5, 0.6) is 0 Å². The highest BCUT2D eigenvalue weighted by atomic mass is 32.2. The van der Waals surface area contributed by atoms with Crippen LogP contribution in [0.1, 0.15) is 48.7 Å². The molecule has 0 amide bonds. The molecule has 0 aliphatic carbocycles. The van der Waals surface area contributed by atoms with Crippen molar-refractivity contribution in [3.05, 3.63) is 112 Å². The number of aryl methyl sites for hydroxylation is 2. The van der Waals surface area contributed by atoms with E-state index in [1.165, 1.54) is 18.0 Å². The van der Waals surface area contributed by atoms with Crippen LogP contribution in [0.4, 0.5) is 0 Å². The van der Waals surface area contributed by atoms with Crippen molar-refractivity contribution in [1.29, 1.82) is 5.26 Å². The zero-order valence-corrected chi connectivity index (χ0v) is 19.7. The molecule has 0 saturated carbocycles. The Balaban J connectivity index is 1.55. The Morgan fingerprint density at radius 2 is 1.62 bits per heavy atom. The second kappa shape index (κ2) is 10.3. The summed E-state index contributed by atoms with van der Waals surface area (Å²) < 4.78 is 5.01. The maximum Gasteiger partial charge on any atom is 0.172 e. The van der Waals surface area contributed by atoms with Crippen molar-refractivity contribution in [2.45, 2.75) is 36.5 Å². The second-order valence-electron chi connectivity index (χ2n) is 7.96. The predicted octanol–water partition coefficient (Wildman–Crippen LogP) is 6.17. The fraction of sp³-hybridized carbons (Fsp3) is 0.143. The zero-order valence-electron chi connectivity index (χ0n) is 18.9. The molecule has 0 unspecified atom stereocenters. The summed E-state index contributed by atoms with van der Waals surface area (Å²) >= 11 is 1.42. The van der Waals surface area contributed by atoms with Crippen LogP contribution in [0.2, 0.25) is 0 Å². The molecule has 0 radical (unpaired) electrons. The number of nitrogens with zero attached hydrogens (tertiary/aromatic N) is 2. The van der Waals surface area contributed by atoms with Gasteiger partial charge in [0.05, 0.1) is 17.3 Å². The first-order valence-corrected chi connectivity index (χ1v) is 11.6. The van der Waals surface area contributed by atoms with Gasteiger partial charge in [-0.2, -0.15) is 5.26 Å². The minimum Gasteiger partial charge on any atom is -0.361 e. The normalized spacial score (nSPS) is 10.6. The van der Waals surface area contributed by atoms with Crippen molar-refractivity contribution in [2.75, 3.05) is 0 Å². The summed E-state index contributed by atoms with van der Waals surface area (Å²) in [5, 5.41) is 13.1. The number of Topliss-reactive ketones (excluding diaryl/α,β-unsaturated/α-hetero) is 2. The van der Waals surface area contributed by atoms with Crippen molar-refractivity contribution in [3.8, 4) is 6.07 Å². The Hall–Kier alpha value is -3.95. The van der Waals surface area contributed by atoms with Crippen LogP contribution in [0, 0.1) is 25.2 Å². The summed E-state index contributed by atoms with van der Waals surface area (Å²) in [5.74, 6) is 0.415. The van der Waals surface area contributed by atoms with E-state index < -0.39 is 0 Å². The molecule has 0 saturated heterocycles. The lowest BCUT2D eigenvalue weighted by atomic mass is 9.95. The van der Waals surface area contributed by atoms with Crippen LogP contribution in [-0.4, -0.2) is 16.7 Å². The molecule has 0 aliphatic heterocycles. The van der Waals surface area contributed by atoms with Crippen molar-refractivity contribution in [2.24, 2.45) is 0 Å². The molecule has 0 bridgehead atoms. The minimum atomic E-state index is -0.0665. The molecule has 1 aromatic heterocycles. The number of ketones is 2. The summed E-state index contributed by atoms with van der Waals surface area (Å²) in [6, 6.07) is 22.8. The second-order valence-corrected chi connectivity index (χ2v) is 9.05. The molecule has 4 rings (SSSR count). The molecule has 6 heteroatoms. The van der Waals surface area contributed by atoms with E-state index >= 15 is 0 Å². The number of carbonyl (C=O) groups is 2. The van der Waals surface area contributed by atoms with E-state index in [0.717, 1.165) is 26.5 Å². The van der Waals surface area contributed by atoms with Gasteiger partial charge in [0.1, 0.15) is 11.8 Å². The molecule has 1 heterocycles. The number of hydrogen-bond donors (Lipinski definition) is 0. The minimum absolute atomic E-state index is 0.0199. The van der Waals surface area contributed by atoms with E-state index in [4.69, 9.17) is 4.52 Å². The predicted molar refractivity (Wildman–Crippen MR) is 130 cm³/mol. The van der Waals surface area contributed by atoms with Crippen LogP contribution >= 0.6 is 11.8 Å². The SMILES string of the molecule is Cc1ccc(CC(=O)c2ccccc2Sc2ccccc2C#N)cc1CC(=O)c1cnoc1C. The number of aromatic nitrogens is 1. The average molecular weight is 467 g/mol. The van der Waals surface area contributed by atoms with Gasteiger partial charge in [-0.1, -0.05) is 65.4 Å². The van der Waals surface area contributed by atoms with E-state index in [0.29, 0.717) is 22.5 Å². The van der Waals surface area contributed by atoms with Gasteiger partial charge in [-0.25, -0.2) is 0 Å². The maximum atomic E-state index is 13.3. The van der Waals surface area contributed by atoms with Gasteiger partial charge in [-0.05, 0) is 48.7 Å². The Labute approximate surface area is 202 Å². The molecule has 0 N–H and O–H groups in total. The summed E-state index contributed by atoms with van der Waals surface area (Å²) in [4.78, 5) is 27.6. The van der Waals surface area contributed by atoms with Crippen LogP contribution in [0.25, 0.3) is 0 Å². The lowest BCUT2D eigenvalue weighted by Crippen LogP contribution is -2.08. The van der Waals surface area contributed by atoms with Gasteiger partial charge in [0, 0.05) is 28.2 Å². The highest BCUT2D eigenvalue weighted by Crippen LogP contribution is 2.33. The van der Waals surface area contributed by atoms with E-state index in [9.17, 15) is 14.9 Å². The third-order valence-corrected chi connectivity index (χ3v) is 6.75. The summed E-state index contributed by atoms with van der Waals surface area (Å²) in [6.07, 6.45) is 1.87. The van der Waals surface area contributed by atoms with Crippen LogP contribution in [-0.2, 0) is 12.8 Å². The third kappa shape index (κ3) is 5.16. The van der Waals surface area contributed by atoms with Crippen LogP contribution in [0.15, 0.2) is 87.2 Å². The van der Waals surface area contributed by atoms with Gasteiger partial charge >= 0.3 is 0 Å². The van der Waals surface area contributed by atoms with E-state index in [1.54, 1.807) is 13.0 Å². The van der Waals surface area contributed by atoms with Crippen molar-refractivity contribution < 1.29 is 14.1 Å². The molecule has 3 aromatic carbocycles. The number of benzene rings is 3. The number of nitriles is 1. The molecule has 34 heavy (non-hydrogen) atoms. The standard InChI is InChI=1S/C28H22N2O3S/c1-18-11-12-20(13-22(18)15-26(32)24-17-30-33-19(24)2)14-25(31)23-8-4-6-10-28(23)34-27-9-5-3-7-21(27)16-29/h3-13,17H,14-15H2,1-2H3. The molecule has 4 aromatic rings. The quantitative estimate of drug-likeness (QED) is 0.289. The van der Waals surface area contributed by atoms with Gasteiger partial charge in [-0.15, -0.1) is 0 Å². The Kier molecular flexibility index (Phi) is 7.05. The van der Waals surface area contributed by atoms with Gasteiger partial charge in [0.2, 0.25) is 0 Å². The molecule has 0 spiro atoms. The number of carbonyl (C=O) groups excluding carboxylic acids is 2. The van der Waals surface area contributed by atoms with Gasteiger partial charge < -0.3 is 4.52 Å². The van der Waals surface area contributed by atoms with Crippen molar-refractivity contribution >= 4 is 23.3 Å². The molecule has 0 fully saturated rings. The van der Waals surface area contributed by atoms with E-state index in [-0.39, 0.29) is 24.4 Å². The highest BCUT2D eigenvalue weighted by molar-refractivity contribution is 7.99. The van der Waals surface area contributed by atoms with Gasteiger partial charge in [-0.3, -0.25) is 9.59 Å². The largest absolute Gasteiger partial charge is 0.361 e. The fourth-order valence-corrected chi connectivity index (χ4v) is 4.74. The molecule has 0 atom stereocenters. The molecular formula is C28H22N2O3S. The lowest BCUT2D eigenvalue weighted by molar-refractivity contribution is 0.0984. The van der Waals surface area contributed by atoms with E-state index in [1.807, 2.05) is 67.6 Å². The monoisotopic (exact) mass is 466 g/mol. The first-order chi connectivity index (χ1) is 16.5. The van der Waals surface area contributed by atoms with Crippen LogP contribution < -0.4 is 0 Å². The van der Waals surface area contributed by atoms with Crippen molar-refractivity contribution in [1.82, 2.24) is 5.16 Å². The maximum absolute atomic E-state index is 13.3. The van der Waals surface area contributed by atoms with Crippen LogP contribution in [0.3, 0.4) is 0 Å². The molecule has 168 valence electrons.